The number of amides is 2. The van der Waals surface area contributed by atoms with Crippen LogP contribution in [0.3, 0.4) is 0 Å². The van der Waals surface area contributed by atoms with Gasteiger partial charge >= 0.3 is 12.2 Å². The molecule has 0 saturated heterocycles. The van der Waals surface area contributed by atoms with Crippen LogP contribution in [0.5, 0.6) is 5.75 Å². The summed E-state index contributed by atoms with van der Waals surface area (Å²) < 4.78 is 35.1. The van der Waals surface area contributed by atoms with Crippen LogP contribution < -0.4 is 15.6 Å². The van der Waals surface area contributed by atoms with Crippen LogP contribution in [-0.4, -0.2) is 31.3 Å². The maximum atomic E-state index is 13.5. The van der Waals surface area contributed by atoms with E-state index in [4.69, 9.17) is 20.3 Å². The molecule has 0 radical (unpaired) electrons. The lowest BCUT2D eigenvalue weighted by Gasteiger charge is -2.23. The van der Waals surface area contributed by atoms with Crippen LogP contribution in [0.2, 0.25) is 0 Å². The van der Waals surface area contributed by atoms with Crippen molar-refractivity contribution >= 4 is 28.0 Å². The van der Waals surface area contributed by atoms with E-state index in [1.54, 1.807) is 60.7 Å². The van der Waals surface area contributed by atoms with Crippen LogP contribution in [0.15, 0.2) is 143 Å². The molecule has 5 rings (SSSR count). The van der Waals surface area contributed by atoms with Gasteiger partial charge in [-0.25, -0.2) is 23.1 Å². The average molecular weight is 649 g/mol. The quantitative estimate of drug-likeness (QED) is 0.134. The lowest BCUT2D eigenvalue weighted by atomic mass is 10.1. The monoisotopic (exact) mass is 648 g/mol. The molecule has 0 saturated carbocycles. The number of rotatable bonds is 10. The van der Waals surface area contributed by atoms with E-state index in [0.717, 1.165) is 16.7 Å². The Bertz CT molecular complexity index is 1980. The van der Waals surface area contributed by atoms with Crippen molar-refractivity contribution in [2.45, 2.75) is 24.6 Å². The summed E-state index contributed by atoms with van der Waals surface area (Å²) in [5, 5.41) is 5.39. The van der Waals surface area contributed by atoms with Gasteiger partial charge in [-0.15, -0.1) is 0 Å². The normalized spacial score (nSPS) is 11.5. The van der Waals surface area contributed by atoms with E-state index in [1.807, 2.05) is 66.7 Å². The highest BCUT2D eigenvalue weighted by Gasteiger charge is 2.19. The lowest BCUT2D eigenvalue weighted by Crippen LogP contribution is -2.32. The Hall–Kier alpha value is -5.78. The first-order chi connectivity index (χ1) is 22.7. The summed E-state index contributed by atoms with van der Waals surface area (Å²) in [6.45, 7) is 0.477. The highest BCUT2D eigenvalue weighted by atomic mass is 32.2. The molecule has 5 aromatic carbocycles. The Labute approximate surface area is 272 Å². The number of carbonyl (C=O) groups is 2. The molecule has 0 aliphatic heterocycles. The molecule has 11 heteroatoms. The van der Waals surface area contributed by atoms with Crippen molar-refractivity contribution in [3.05, 3.63) is 156 Å². The molecule has 0 aliphatic rings. The van der Waals surface area contributed by atoms with Gasteiger partial charge in [0.2, 0.25) is 10.0 Å². The zero-order chi connectivity index (χ0) is 33.2. The maximum Gasteiger partial charge on any atom is 0.435 e. The molecule has 0 fully saturated rings. The standard InChI is InChI=1S/C36H32N4O6S/c37-34(39-35(41)45-25-27-12-5-2-6-13-27)30-15-9-14-28(22-30)24-40(23-26-10-3-1-4-11-26)36(42)46-31-20-18-29(19-21-31)32-16-7-8-17-33(32)47(38,43)44/h1-22H,23-25H2,(H2,37,39,41)(H2,38,43,44). The highest BCUT2D eigenvalue weighted by molar-refractivity contribution is 7.89. The molecule has 47 heavy (non-hydrogen) atoms. The van der Waals surface area contributed by atoms with Crippen molar-refractivity contribution in [1.82, 2.24) is 4.90 Å². The van der Waals surface area contributed by atoms with Crippen molar-refractivity contribution in [1.29, 1.82) is 0 Å². The van der Waals surface area contributed by atoms with Gasteiger partial charge in [-0.3, -0.25) is 4.90 Å². The minimum absolute atomic E-state index is 0.00392. The summed E-state index contributed by atoms with van der Waals surface area (Å²) in [5.41, 5.74) is 10.1. The number of hydrogen-bond acceptors (Lipinski definition) is 6. The molecule has 0 atom stereocenters. The molecule has 0 heterocycles. The summed E-state index contributed by atoms with van der Waals surface area (Å²) in [5.74, 6) is 0.246. The van der Waals surface area contributed by atoms with Crippen molar-refractivity contribution < 1.29 is 27.5 Å². The minimum Gasteiger partial charge on any atom is -0.443 e. The second-order valence-electron chi connectivity index (χ2n) is 10.5. The van der Waals surface area contributed by atoms with Crippen LogP contribution in [-0.2, 0) is 34.5 Å². The summed E-state index contributed by atoms with van der Waals surface area (Å²) >= 11 is 0. The van der Waals surface area contributed by atoms with E-state index in [-0.39, 0.29) is 36.2 Å². The van der Waals surface area contributed by atoms with Gasteiger partial charge in [0.1, 0.15) is 18.2 Å². The van der Waals surface area contributed by atoms with Crippen LogP contribution >= 0.6 is 0 Å². The van der Waals surface area contributed by atoms with Crippen LogP contribution in [0.1, 0.15) is 22.3 Å². The summed E-state index contributed by atoms with van der Waals surface area (Å²) in [4.78, 5) is 31.2. The smallest absolute Gasteiger partial charge is 0.435 e. The van der Waals surface area contributed by atoms with Crippen LogP contribution in [0, 0.1) is 0 Å². The molecule has 0 aromatic heterocycles. The summed E-state index contributed by atoms with van der Waals surface area (Å²) in [7, 11) is -3.94. The molecular weight excluding hydrogens is 616 g/mol. The number of carbonyl (C=O) groups excluding carboxylic acids is 2. The molecule has 10 nitrogen and oxygen atoms in total. The maximum absolute atomic E-state index is 13.5. The largest absolute Gasteiger partial charge is 0.443 e. The third-order valence-electron chi connectivity index (χ3n) is 7.05. The van der Waals surface area contributed by atoms with Gasteiger partial charge in [-0.05, 0) is 46.5 Å². The number of nitrogens with two attached hydrogens (primary N) is 2. The number of primary sulfonamides is 1. The third kappa shape index (κ3) is 9.13. The molecule has 238 valence electrons. The van der Waals surface area contributed by atoms with Crippen molar-refractivity contribution in [3.8, 4) is 16.9 Å². The number of sulfonamides is 1. The fourth-order valence-corrected chi connectivity index (χ4v) is 5.53. The Morgan fingerprint density at radius 1 is 0.702 bits per heavy atom. The second-order valence-corrected chi connectivity index (χ2v) is 12.0. The van der Waals surface area contributed by atoms with Crippen molar-refractivity contribution in [2.75, 3.05) is 0 Å². The summed E-state index contributed by atoms with van der Waals surface area (Å²) in [6.07, 6.45) is -1.42. The van der Waals surface area contributed by atoms with Gasteiger partial charge in [0.05, 0.1) is 4.90 Å². The minimum atomic E-state index is -3.94. The summed E-state index contributed by atoms with van der Waals surface area (Å²) in [6, 6.07) is 38.6. The van der Waals surface area contributed by atoms with Crippen molar-refractivity contribution in [2.24, 2.45) is 15.9 Å². The van der Waals surface area contributed by atoms with E-state index >= 15 is 0 Å². The Morgan fingerprint density at radius 2 is 1.30 bits per heavy atom. The fourth-order valence-electron chi connectivity index (χ4n) is 4.77. The molecule has 0 spiro atoms. The van der Waals surface area contributed by atoms with Gasteiger partial charge in [-0.2, -0.15) is 4.99 Å². The van der Waals surface area contributed by atoms with Crippen molar-refractivity contribution in [3.63, 3.8) is 0 Å². The number of hydrogen-bond donors (Lipinski definition) is 2. The van der Waals surface area contributed by atoms with E-state index in [9.17, 15) is 18.0 Å². The zero-order valence-corrected chi connectivity index (χ0v) is 26.0. The predicted octanol–water partition coefficient (Wildman–Crippen LogP) is 6.24. The Kier molecular flexibility index (Phi) is 10.4. The first kappa shape index (κ1) is 32.6. The second kappa shape index (κ2) is 15.0. The van der Waals surface area contributed by atoms with Gasteiger partial charge in [0.15, 0.2) is 0 Å². The molecule has 4 N–H and O–H groups in total. The predicted molar refractivity (Wildman–Crippen MR) is 179 cm³/mol. The molecule has 0 bridgehead atoms. The molecule has 5 aromatic rings. The zero-order valence-electron chi connectivity index (χ0n) is 25.2. The first-order valence-corrected chi connectivity index (χ1v) is 16.1. The average Bonchev–Trinajstić information content (AvgIpc) is 3.08. The number of nitrogens with zero attached hydrogens (tertiary/aromatic N) is 2. The van der Waals surface area contributed by atoms with Gasteiger partial charge < -0.3 is 15.2 Å². The number of aliphatic imine (C=N–C) groups is 1. The van der Waals surface area contributed by atoms with Crippen LogP contribution in [0.4, 0.5) is 9.59 Å². The van der Waals surface area contributed by atoms with E-state index in [0.29, 0.717) is 16.7 Å². The van der Waals surface area contributed by atoms with E-state index in [2.05, 4.69) is 4.99 Å². The fraction of sp³-hybridized carbons (Fsp3) is 0.0833. The van der Waals surface area contributed by atoms with E-state index in [1.165, 1.54) is 11.0 Å². The van der Waals surface area contributed by atoms with Gasteiger partial charge in [0.25, 0.3) is 0 Å². The molecular formula is C36H32N4O6S. The number of ether oxygens (including phenoxy) is 2. The van der Waals surface area contributed by atoms with Crippen LogP contribution in [0.25, 0.3) is 11.1 Å². The van der Waals surface area contributed by atoms with Gasteiger partial charge in [0, 0.05) is 24.2 Å². The highest BCUT2D eigenvalue weighted by Crippen LogP contribution is 2.28. The van der Waals surface area contributed by atoms with E-state index < -0.39 is 22.2 Å². The van der Waals surface area contributed by atoms with Gasteiger partial charge in [-0.1, -0.05) is 109 Å². The molecule has 0 unspecified atom stereocenters. The molecule has 2 amide bonds. The Balaban J connectivity index is 1.31. The topological polar surface area (TPSA) is 154 Å². The SMILES string of the molecule is NC(=NC(=O)OCc1ccccc1)c1cccc(CN(Cc2ccccc2)C(=O)Oc2ccc(-c3ccccc3S(N)(=O)=O)cc2)c1. The first-order valence-electron chi connectivity index (χ1n) is 14.5. The third-order valence-corrected chi connectivity index (χ3v) is 8.02. The molecule has 0 aliphatic carbocycles. The number of benzene rings is 5. The number of amidine groups is 1. The Morgan fingerprint density at radius 3 is 1.98 bits per heavy atom. The lowest BCUT2D eigenvalue weighted by molar-refractivity contribution is 0.146.